The highest BCUT2D eigenvalue weighted by Crippen LogP contribution is 2.26. The summed E-state index contributed by atoms with van der Waals surface area (Å²) in [6.07, 6.45) is 0. The smallest absolute Gasteiger partial charge is 0.260 e. The van der Waals surface area contributed by atoms with E-state index < -0.39 is 0 Å². The third-order valence-corrected chi connectivity index (χ3v) is 3.60. The van der Waals surface area contributed by atoms with Gasteiger partial charge in [-0.05, 0) is 47.1 Å². The van der Waals surface area contributed by atoms with E-state index in [0.29, 0.717) is 22.8 Å². The standard InChI is InChI=1S/C14H14BrN3O2/c1-8-10(15)6-7-12(17-8)18-14(19)9-4-3-5-11(16)13(9)20-2/h3-7H,16H2,1-2H3,(H,17,18,19). The Hall–Kier alpha value is -2.08. The topological polar surface area (TPSA) is 77.2 Å². The lowest BCUT2D eigenvalue weighted by Gasteiger charge is -2.11. The molecule has 0 aliphatic heterocycles. The minimum atomic E-state index is -0.316. The predicted octanol–water partition coefficient (Wildman–Crippen LogP) is 3.00. The van der Waals surface area contributed by atoms with Crippen LogP contribution >= 0.6 is 15.9 Å². The summed E-state index contributed by atoms with van der Waals surface area (Å²) >= 11 is 3.36. The molecule has 1 aromatic carbocycles. The maximum Gasteiger partial charge on any atom is 0.260 e. The summed E-state index contributed by atoms with van der Waals surface area (Å²) in [6.45, 7) is 1.85. The van der Waals surface area contributed by atoms with Crippen LogP contribution in [0, 0.1) is 6.92 Å². The van der Waals surface area contributed by atoms with Crippen molar-refractivity contribution in [2.75, 3.05) is 18.2 Å². The minimum absolute atomic E-state index is 0.316. The van der Waals surface area contributed by atoms with E-state index in [9.17, 15) is 4.79 Å². The van der Waals surface area contributed by atoms with Crippen molar-refractivity contribution in [3.63, 3.8) is 0 Å². The van der Waals surface area contributed by atoms with E-state index in [2.05, 4.69) is 26.2 Å². The summed E-state index contributed by atoms with van der Waals surface area (Å²) in [6, 6.07) is 8.57. The number of hydrogen-bond acceptors (Lipinski definition) is 4. The number of aromatic nitrogens is 1. The molecule has 0 spiro atoms. The molecule has 104 valence electrons. The van der Waals surface area contributed by atoms with Crippen molar-refractivity contribution in [2.45, 2.75) is 6.92 Å². The third kappa shape index (κ3) is 2.91. The second-order valence-electron chi connectivity index (χ2n) is 4.15. The van der Waals surface area contributed by atoms with Crippen LogP contribution in [0.3, 0.4) is 0 Å². The molecule has 5 nitrogen and oxygen atoms in total. The van der Waals surface area contributed by atoms with Crippen molar-refractivity contribution < 1.29 is 9.53 Å². The first-order valence-corrected chi connectivity index (χ1v) is 6.69. The van der Waals surface area contributed by atoms with Crippen LogP contribution in [-0.4, -0.2) is 18.0 Å². The fourth-order valence-electron chi connectivity index (χ4n) is 1.76. The number of nitrogens with zero attached hydrogens (tertiary/aromatic N) is 1. The molecule has 0 atom stereocenters. The number of carbonyl (C=O) groups excluding carboxylic acids is 1. The van der Waals surface area contributed by atoms with Crippen LogP contribution in [0.25, 0.3) is 0 Å². The van der Waals surface area contributed by atoms with Crippen molar-refractivity contribution in [1.29, 1.82) is 0 Å². The van der Waals surface area contributed by atoms with Crippen molar-refractivity contribution in [3.8, 4) is 5.75 Å². The molecular weight excluding hydrogens is 322 g/mol. The van der Waals surface area contributed by atoms with Crippen molar-refractivity contribution >= 4 is 33.3 Å². The van der Waals surface area contributed by atoms with Gasteiger partial charge in [-0.1, -0.05) is 6.07 Å². The van der Waals surface area contributed by atoms with Crippen LogP contribution in [0.1, 0.15) is 16.1 Å². The first kappa shape index (κ1) is 14.3. The zero-order valence-corrected chi connectivity index (χ0v) is 12.7. The van der Waals surface area contributed by atoms with E-state index in [0.717, 1.165) is 10.2 Å². The highest BCUT2D eigenvalue weighted by Gasteiger charge is 2.15. The summed E-state index contributed by atoms with van der Waals surface area (Å²) in [5.74, 6) is 0.516. The van der Waals surface area contributed by atoms with E-state index in [1.54, 1.807) is 24.3 Å². The fraction of sp³-hybridized carbons (Fsp3) is 0.143. The number of hydrogen-bond donors (Lipinski definition) is 2. The molecule has 0 aliphatic rings. The van der Waals surface area contributed by atoms with Gasteiger partial charge in [-0.2, -0.15) is 0 Å². The summed E-state index contributed by atoms with van der Waals surface area (Å²) < 4.78 is 6.05. The number of methoxy groups -OCH3 is 1. The Morgan fingerprint density at radius 2 is 2.10 bits per heavy atom. The molecule has 0 unspecified atom stereocenters. The fourth-order valence-corrected chi connectivity index (χ4v) is 1.98. The molecular formula is C14H14BrN3O2. The van der Waals surface area contributed by atoms with Gasteiger partial charge in [-0.3, -0.25) is 4.79 Å². The van der Waals surface area contributed by atoms with Gasteiger partial charge in [-0.15, -0.1) is 0 Å². The zero-order valence-electron chi connectivity index (χ0n) is 11.1. The van der Waals surface area contributed by atoms with Crippen LogP contribution in [0.15, 0.2) is 34.8 Å². The number of nitrogens with one attached hydrogen (secondary N) is 1. The monoisotopic (exact) mass is 335 g/mol. The van der Waals surface area contributed by atoms with Gasteiger partial charge < -0.3 is 15.8 Å². The van der Waals surface area contributed by atoms with Crippen molar-refractivity contribution in [1.82, 2.24) is 4.98 Å². The Kier molecular flexibility index (Phi) is 4.24. The Balaban J connectivity index is 2.28. The van der Waals surface area contributed by atoms with Crippen LogP contribution in [-0.2, 0) is 0 Å². The van der Waals surface area contributed by atoms with E-state index in [1.807, 2.05) is 13.0 Å². The number of anilines is 2. The maximum atomic E-state index is 12.2. The van der Waals surface area contributed by atoms with E-state index >= 15 is 0 Å². The molecule has 0 fully saturated rings. The lowest BCUT2D eigenvalue weighted by atomic mass is 10.1. The third-order valence-electron chi connectivity index (χ3n) is 2.76. The summed E-state index contributed by atoms with van der Waals surface area (Å²) in [7, 11) is 1.48. The van der Waals surface area contributed by atoms with Gasteiger partial charge in [0, 0.05) is 4.47 Å². The SMILES string of the molecule is COc1c(N)cccc1C(=O)Nc1ccc(Br)c(C)n1. The minimum Gasteiger partial charge on any atom is -0.494 e. The first-order valence-electron chi connectivity index (χ1n) is 5.90. The van der Waals surface area contributed by atoms with Gasteiger partial charge in [0.05, 0.1) is 24.1 Å². The van der Waals surface area contributed by atoms with Crippen LogP contribution in [0.5, 0.6) is 5.75 Å². The lowest BCUT2D eigenvalue weighted by molar-refractivity contribution is 0.102. The number of halogens is 1. The zero-order chi connectivity index (χ0) is 14.7. The molecule has 0 bridgehead atoms. The van der Waals surface area contributed by atoms with Gasteiger partial charge >= 0.3 is 0 Å². The van der Waals surface area contributed by atoms with Crippen LogP contribution in [0.2, 0.25) is 0 Å². The van der Waals surface area contributed by atoms with Crippen LogP contribution in [0.4, 0.5) is 11.5 Å². The normalized spacial score (nSPS) is 10.2. The number of para-hydroxylation sites is 1. The van der Waals surface area contributed by atoms with Gasteiger partial charge in [0.1, 0.15) is 5.82 Å². The molecule has 2 aromatic rings. The molecule has 0 radical (unpaired) electrons. The van der Waals surface area contributed by atoms with Gasteiger partial charge in [-0.25, -0.2) is 4.98 Å². The average molecular weight is 336 g/mol. The second-order valence-corrected chi connectivity index (χ2v) is 5.00. The number of aryl methyl sites for hydroxylation is 1. The molecule has 1 amide bonds. The number of benzene rings is 1. The molecule has 3 N–H and O–H groups in total. The molecule has 20 heavy (non-hydrogen) atoms. The van der Waals surface area contributed by atoms with Gasteiger partial charge in [0.25, 0.3) is 5.91 Å². The van der Waals surface area contributed by atoms with Gasteiger partial charge in [0.15, 0.2) is 5.75 Å². The van der Waals surface area contributed by atoms with Crippen LogP contribution < -0.4 is 15.8 Å². The molecule has 2 rings (SSSR count). The molecule has 0 aliphatic carbocycles. The molecule has 1 aromatic heterocycles. The molecule has 1 heterocycles. The maximum absolute atomic E-state index is 12.2. The van der Waals surface area contributed by atoms with Crippen molar-refractivity contribution in [3.05, 3.63) is 46.1 Å². The Morgan fingerprint density at radius 1 is 1.35 bits per heavy atom. The number of amides is 1. The van der Waals surface area contributed by atoms with Gasteiger partial charge in [0.2, 0.25) is 0 Å². The summed E-state index contributed by atoms with van der Waals surface area (Å²) in [5, 5.41) is 2.72. The number of rotatable bonds is 3. The highest BCUT2D eigenvalue weighted by molar-refractivity contribution is 9.10. The number of pyridine rings is 1. The van der Waals surface area contributed by atoms with E-state index in [-0.39, 0.29) is 5.91 Å². The summed E-state index contributed by atoms with van der Waals surface area (Å²) in [5.41, 5.74) is 7.36. The number of carbonyl (C=O) groups is 1. The number of nitrogen functional groups attached to an aromatic ring is 1. The quantitative estimate of drug-likeness (QED) is 0.845. The molecule has 6 heteroatoms. The number of ether oxygens (including phenoxy) is 1. The largest absolute Gasteiger partial charge is 0.494 e. The lowest BCUT2D eigenvalue weighted by Crippen LogP contribution is -2.15. The van der Waals surface area contributed by atoms with E-state index in [4.69, 9.17) is 10.5 Å². The molecule has 0 saturated heterocycles. The predicted molar refractivity (Wildman–Crippen MR) is 82.0 cm³/mol. The Labute approximate surface area is 125 Å². The number of nitrogens with two attached hydrogens (primary N) is 1. The Bertz CT molecular complexity index is 659. The summed E-state index contributed by atoms with van der Waals surface area (Å²) in [4.78, 5) is 16.5. The van der Waals surface area contributed by atoms with Crippen molar-refractivity contribution in [2.24, 2.45) is 0 Å². The van der Waals surface area contributed by atoms with E-state index in [1.165, 1.54) is 7.11 Å². The first-order chi connectivity index (χ1) is 9.52. The molecule has 0 saturated carbocycles. The average Bonchev–Trinajstić information content (AvgIpc) is 2.42. The second kappa shape index (κ2) is 5.92. The highest BCUT2D eigenvalue weighted by atomic mass is 79.9. The Morgan fingerprint density at radius 3 is 2.75 bits per heavy atom.